The van der Waals surface area contributed by atoms with Crippen LogP contribution in [0.5, 0.6) is 0 Å². The van der Waals surface area contributed by atoms with Crippen molar-refractivity contribution in [1.29, 1.82) is 0 Å². The third-order valence-corrected chi connectivity index (χ3v) is 2.37. The lowest BCUT2D eigenvalue weighted by Crippen LogP contribution is -2.36. The third kappa shape index (κ3) is 1.81. The molecule has 0 radical (unpaired) electrons. The van der Waals surface area contributed by atoms with Gasteiger partial charge in [-0.15, -0.1) is 0 Å². The van der Waals surface area contributed by atoms with E-state index in [4.69, 9.17) is 0 Å². The lowest BCUT2D eigenvalue weighted by Gasteiger charge is -2.28. The topological polar surface area (TPSA) is 6.48 Å². The van der Waals surface area contributed by atoms with Gasteiger partial charge in [0.05, 0.1) is 0 Å². The normalized spacial score (nSPS) is 19.6. The summed E-state index contributed by atoms with van der Waals surface area (Å²) >= 11 is 0. The Kier molecular flexibility index (Phi) is 2.78. The average molecular weight is 168 g/mol. The van der Waals surface area contributed by atoms with Crippen LogP contribution in [0.1, 0.15) is 27.7 Å². The summed E-state index contributed by atoms with van der Waals surface area (Å²) in [5.74, 6) is 0.677. The number of hydrogen-bond acceptors (Lipinski definition) is 2. The molecule has 70 valence electrons. The highest BCUT2D eigenvalue weighted by atomic mass is 15.6. The molecule has 0 aliphatic carbocycles. The second-order valence-electron chi connectivity index (χ2n) is 4.15. The highest BCUT2D eigenvalue weighted by Gasteiger charge is 2.21. The van der Waals surface area contributed by atoms with Gasteiger partial charge in [-0.3, -0.25) is 0 Å². The van der Waals surface area contributed by atoms with E-state index >= 15 is 0 Å². The summed E-state index contributed by atoms with van der Waals surface area (Å²) in [5, 5.41) is 4.58. The van der Waals surface area contributed by atoms with Gasteiger partial charge < -0.3 is 5.01 Å². The van der Waals surface area contributed by atoms with Crippen LogP contribution in [0.4, 0.5) is 0 Å². The molecule has 1 aliphatic rings. The number of likely N-dealkylation sites (N-methyl/N-ethyl adjacent to an activating group) is 1. The number of hydrogen-bond donors (Lipinski definition) is 0. The molecule has 12 heavy (non-hydrogen) atoms. The largest absolute Gasteiger partial charge is 0.311 e. The molecule has 1 rings (SSSR count). The number of rotatable bonds is 2. The van der Waals surface area contributed by atoms with Crippen molar-refractivity contribution in [2.24, 2.45) is 5.92 Å². The molecular formula is C10H20N2. The van der Waals surface area contributed by atoms with Crippen LogP contribution in [0.15, 0.2) is 11.8 Å². The van der Waals surface area contributed by atoms with E-state index in [0.29, 0.717) is 12.0 Å². The van der Waals surface area contributed by atoms with Crippen LogP contribution >= 0.6 is 0 Å². The van der Waals surface area contributed by atoms with E-state index < -0.39 is 0 Å². The predicted octanol–water partition coefficient (Wildman–Crippen LogP) is 2.10. The monoisotopic (exact) mass is 168 g/mol. The Balaban J connectivity index is 2.67. The van der Waals surface area contributed by atoms with Gasteiger partial charge >= 0.3 is 0 Å². The molecule has 0 aromatic heterocycles. The molecule has 0 saturated heterocycles. The number of hydrazine groups is 1. The SMILES string of the molecule is CC(C)C1=CN(C(C)C)N(C)C1. The molecule has 0 aromatic rings. The van der Waals surface area contributed by atoms with Crippen molar-refractivity contribution >= 4 is 0 Å². The molecule has 0 amide bonds. The molecule has 0 N–H and O–H groups in total. The molecule has 0 atom stereocenters. The lowest BCUT2D eigenvalue weighted by atomic mass is 10.1. The maximum Gasteiger partial charge on any atom is 0.0408 e. The Bertz CT molecular complexity index is 182. The van der Waals surface area contributed by atoms with Gasteiger partial charge in [-0.1, -0.05) is 13.8 Å². The van der Waals surface area contributed by atoms with Crippen LogP contribution in [0.2, 0.25) is 0 Å². The quantitative estimate of drug-likeness (QED) is 0.623. The first kappa shape index (κ1) is 9.59. The van der Waals surface area contributed by atoms with E-state index in [1.54, 1.807) is 0 Å². The first-order chi connectivity index (χ1) is 5.52. The number of nitrogens with zero attached hydrogens (tertiary/aromatic N) is 2. The van der Waals surface area contributed by atoms with Gasteiger partial charge in [-0.2, -0.15) is 0 Å². The molecule has 0 fully saturated rings. The third-order valence-electron chi connectivity index (χ3n) is 2.37. The van der Waals surface area contributed by atoms with E-state index in [1.165, 1.54) is 5.57 Å². The summed E-state index contributed by atoms with van der Waals surface area (Å²) < 4.78 is 0. The van der Waals surface area contributed by atoms with Gasteiger partial charge in [0.2, 0.25) is 0 Å². The fraction of sp³-hybridized carbons (Fsp3) is 0.800. The Morgan fingerprint density at radius 3 is 2.08 bits per heavy atom. The summed E-state index contributed by atoms with van der Waals surface area (Å²) in [6.07, 6.45) is 2.29. The van der Waals surface area contributed by atoms with Gasteiger partial charge in [0.15, 0.2) is 0 Å². The standard InChI is InChI=1S/C10H20N2/c1-8(2)10-6-11(5)12(7-10)9(3)4/h7-9H,6H2,1-5H3. The maximum atomic E-state index is 2.30. The van der Waals surface area contributed by atoms with Gasteiger partial charge in [-0.25, -0.2) is 5.01 Å². The highest BCUT2D eigenvalue weighted by molar-refractivity contribution is 5.10. The molecule has 0 unspecified atom stereocenters. The smallest absolute Gasteiger partial charge is 0.0408 e. The summed E-state index contributed by atoms with van der Waals surface area (Å²) in [6.45, 7) is 10.0. The predicted molar refractivity (Wildman–Crippen MR) is 52.5 cm³/mol. The minimum Gasteiger partial charge on any atom is -0.311 e. The van der Waals surface area contributed by atoms with Crippen LogP contribution in [0, 0.1) is 5.92 Å². The molecule has 2 heteroatoms. The van der Waals surface area contributed by atoms with Crippen molar-refractivity contribution in [2.75, 3.05) is 13.6 Å². The zero-order chi connectivity index (χ0) is 9.30. The van der Waals surface area contributed by atoms with Crippen molar-refractivity contribution in [3.05, 3.63) is 11.8 Å². The maximum absolute atomic E-state index is 2.30. The first-order valence-corrected chi connectivity index (χ1v) is 4.72. The zero-order valence-electron chi connectivity index (χ0n) is 8.83. The Hall–Kier alpha value is -0.500. The highest BCUT2D eigenvalue weighted by Crippen LogP contribution is 2.21. The molecule has 0 saturated carbocycles. The molecule has 0 bridgehead atoms. The Morgan fingerprint density at radius 2 is 1.83 bits per heavy atom. The summed E-state index contributed by atoms with van der Waals surface area (Å²) in [6, 6.07) is 0.575. The average Bonchev–Trinajstić information content (AvgIpc) is 2.30. The van der Waals surface area contributed by atoms with Crippen LogP contribution in [0.3, 0.4) is 0 Å². The van der Waals surface area contributed by atoms with E-state index in [1.807, 2.05) is 0 Å². The van der Waals surface area contributed by atoms with Crippen LogP contribution in [0.25, 0.3) is 0 Å². The summed E-state index contributed by atoms with van der Waals surface area (Å²) in [7, 11) is 2.14. The van der Waals surface area contributed by atoms with E-state index in [2.05, 4.69) is 51.0 Å². The van der Waals surface area contributed by atoms with Crippen LogP contribution < -0.4 is 0 Å². The second kappa shape index (κ2) is 3.48. The summed E-state index contributed by atoms with van der Waals surface area (Å²) in [5.41, 5.74) is 1.53. The minimum atomic E-state index is 0.575. The first-order valence-electron chi connectivity index (χ1n) is 4.72. The molecule has 0 spiro atoms. The minimum absolute atomic E-state index is 0.575. The second-order valence-corrected chi connectivity index (χ2v) is 4.15. The molecular weight excluding hydrogens is 148 g/mol. The van der Waals surface area contributed by atoms with Gasteiger partial charge in [0.25, 0.3) is 0 Å². The fourth-order valence-electron chi connectivity index (χ4n) is 1.53. The van der Waals surface area contributed by atoms with Crippen molar-refractivity contribution in [1.82, 2.24) is 10.0 Å². The lowest BCUT2D eigenvalue weighted by molar-refractivity contribution is 0.0514. The van der Waals surface area contributed by atoms with Crippen molar-refractivity contribution in [2.45, 2.75) is 33.7 Å². The molecule has 2 nitrogen and oxygen atoms in total. The van der Waals surface area contributed by atoms with E-state index in [0.717, 1.165) is 6.54 Å². The van der Waals surface area contributed by atoms with Gasteiger partial charge in [-0.05, 0) is 25.3 Å². The van der Waals surface area contributed by atoms with E-state index in [9.17, 15) is 0 Å². The van der Waals surface area contributed by atoms with Gasteiger partial charge in [0, 0.05) is 25.8 Å². The molecule has 1 aliphatic heterocycles. The van der Waals surface area contributed by atoms with Crippen molar-refractivity contribution in [3.8, 4) is 0 Å². The Morgan fingerprint density at radius 1 is 1.25 bits per heavy atom. The fourth-order valence-corrected chi connectivity index (χ4v) is 1.53. The van der Waals surface area contributed by atoms with E-state index in [-0.39, 0.29) is 0 Å². The molecule has 1 heterocycles. The van der Waals surface area contributed by atoms with Crippen LogP contribution in [-0.2, 0) is 0 Å². The Labute approximate surface area is 75.8 Å². The van der Waals surface area contributed by atoms with Crippen molar-refractivity contribution in [3.63, 3.8) is 0 Å². The van der Waals surface area contributed by atoms with Crippen molar-refractivity contribution < 1.29 is 0 Å². The van der Waals surface area contributed by atoms with Crippen LogP contribution in [-0.4, -0.2) is 29.7 Å². The zero-order valence-corrected chi connectivity index (χ0v) is 8.83. The van der Waals surface area contributed by atoms with Gasteiger partial charge in [0.1, 0.15) is 0 Å². The molecule has 0 aromatic carbocycles. The summed E-state index contributed by atoms with van der Waals surface area (Å²) in [4.78, 5) is 0.